The number of hydrogen-bond donors (Lipinski definition) is 2. The number of phenols is 1. The van der Waals surface area contributed by atoms with E-state index in [4.69, 9.17) is 9.47 Å². The van der Waals surface area contributed by atoms with Gasteiger partial charge >= 0.3 is 6.03 Å². The number of phenolic OH excluding ortho intramolecular Hbond substituents is 1. The van der Waals surface area contributed by atoms with Crippen molar-refractivity contribution < 1.29 is 19.4 Å². The number of benzene rings is 2. The maximum atomic E-state index is 12.4. The topological polar surface area (TPSA) is 74.3 Å². The molecule has 0 spiro atoms. The van der Waals surface area contributed by atoms with Crippen LogP contribution in [-0.2, 0) is 0 Å². The van der Waals surface area contributed by atoms with Gasteiger partial charge in [-0.3, -0.25) is 0 Å². The third kappa shape index (κ3) is 3.86. The number of nitrogens with zero attached hydrogens (tertiary/aromatic N) is 2. The molecule has 7 nitrogen and oxygen atoms in total. The molecular weight excluding hydrogens is 346 g/mol. The van der Waals surface area contributed by atoms with Crippen molar-refractivity contribution in [2.24, 2.45) is 0 Å². The summed E-state index contributed by atoms with van der Waals surface area (Å²) >= 11 is 0. The van der Waals surface area contributed by atoms with Gasteiger partial charge in [0.15, 0.2) is 17.6 Å². The molecule has 2 aliphatic rings. The van der Waals surface area contributed by atoms with Crippen LogP contribution in [0.2, 0.25) is 0 Å². The second-order valence-electron chi connectivity index (χ2n) is 6.65. The van der Waals surface area contributed by atoms with Crippen molar-refractivity contribution >= 4 is 11.7 Å². The fraction of sp³-hybridized carbons (Fsp3) is 0.350. The highest BCUT2D eigenvalue weighted by Gasteiger charge is 2.25. The van der Waals surface area contributed by atoms with Crippen molar-refractivity contribution in [2.45, 2.75) is 6.10 Å². The average molecular weight is 369 g/mol. The van der Waals surface area contributed by atoms with E-state index in [2.05, 4.69) is 10.2 Å². The predicted octanol–water partition coefficient (Wildman–Crippen LogP) is 2.06. The van der Waals surface area contributed by atoms with E-state index in [1.165, 1.54) is 0 Å². The van der Waals surface area contributed by atoms with E-state index < -0.39 is 0 Å². The van der Waals surface area contributed by atoms with Crippen LogP contribution in [0.15, 0.2) is 48.5 Å². The molecule has 4 rings (SSSR count). The van der Waals surface area contributed by atoms with E-state index in [0.717, 1.165) is 11.4 Å². The fourth-order valence-corrected chi connectivity index (χ4v) is 3.36. The van der Waals surface area contributed by atoms with Gasteiger partial charge in [0.1, 0.15) is 12.4 Å². The smallest absolute Gasteiger partial charge is 0.317 e. The maximum Gasteiger partial charge on any atom is 0.317 e. The highest BCUT2D eigenvalue weighted by Crippen LogP contribution is 2.30. The van der Waals surface area contributed by atoms with Crippen molar-refractivity contribution in [2.75, 3.05) is 44.2 Å². The molecule has 1 fully saturated rings. The molecule has 1 unspecified atom stereocenters. The molecular formula is C20H23N3O4. The largest absolute Gasteiger partial charge is 0.506 e. The number of piperazine rings is 1. The number of fused-ring (bicyclic) bond motifs is 1. The van der Waals surface area contributed by atoms with Gasteiger partial charge in [-0.05, 0) is 24.3 Å². The number of aromatic hydroxyl groups is 1. The molecule has 2 aromatic carbocycles. The third-order valence-electron chi connectivity index (χ3n) is 4.84. The first-order chi connectivity index (χ1) is 13.2. The summed E-state index contributed by atoms with van der Waals surface area (Å²) in [7, 11) is 0. The lowest BCUT2D eigenvalue weighted by Crippen LogP contribution is -2.53. The van der Waals surface area contributed by atoms with Crippen LogP contribution < -0.4 is 19.7 Å². The molecule has 27 heavy (non-hydrogen) atoms. The molecule has 2 heterocycles. The van der Waals surface area contributed by atoms with Gasteiger partial charge in [-0.25, -0.2) is 4.79 Å². The van der Waals surface area contributed by atoms with Crippen LogP contribution in [0, 0.1) is 0 Å². The molecule has 2 amide bonds. The maximum absolute atomic E-state index is 12.4. The van der Waals surface area contributed by atoms with Gasteiger partial charge in [0.05, 0.1) is 12.2 Å². The fourth-order valence-electron chi connectivity index (χ4n) is 3.36. The minimum absolute atomic E-state index is 0.102. The number of urea groups is 1. The first-order valence-corrected chi connectivity index (χ1v) is 9.15. The Morgan fingerprint density at radius 1 is 1.04 bits per heavy atom. The van der Waals surface area contributed by atoms with Crippen molar-refractivity contribution in [1.29, 1.82) is 0 Å². The van der Waals surface area contributed by atoms with Crippen LogP contribution in [0.4, 0.5) is 10.5 Å². The number of para-hydroxylation sites is 4. The first-order valence-electron chi connectivity index (χ1n) is 9.15. The van der Waals surface area contributed by atoms with E-state index in [1.54, 1.807) is 17.0 Å². The summed E-state index contributed by atoms with van der Waals surface area (Å²) in [4.78, 5) is 16.3. The van der Waals surface area contributed by atoms with Gasteiger partial charge in [0.2, 0.25) is 0 Å². The summed E-state index contributed by atoms with van der Waals surface area (Å²) in [5.41, 5.74) is 0.809. The number of carbonyl (C=O) groups is 1. The standard InChI is InChI=1S/C20H23N3O4/c24-17-6-2-1-5-16(17)22-9-11-23(12-10-22)20(25)21-13-15-14-26-18-7-3-4-8-19(18)27-15/h1-8,15,24H,9-14H2,(H,21,25). The Morgan fingerprint density at radius 2 is 1.74 bits per heavy atom. The van der Waals surface area contributed by atoms with Gasteiger partial charge in [-0.15, -0.1) is 0 Å². The lowest BCUT2D eigenvalue weighted by Gasteiger charge is -2.36. The molecule has 2 N–H and O–H groups in total. The second kappa shape index (κ2) is 7.65. The number of nitrogens with one attached hydrogen (secondary N) is 1. The minimum Gasteiger partial charge on any atom is -0.506 e. The molecule has 0 aliphatic carbocycles. The Hall–Kier alpha value is -3.09. The van der Waals surface area contributed by atoms with E-state index >= 15 is 0 Å². The van der Waals surface area contributed by atoms with E-state index in [9.17, 15) is 9.90 Å². The molecule has 142 valence electrons. The molecule has 7 heteroatoms. The summed E-state index contributed by atoms with van der Waals surface area (Å²) < 4.78 is 11.5. The second-order valence-corrected chi connectivity index (χ2v) is 6.65. The molecule has 1 saturated heterocycles. The first kappa shape index (κ1) is 17.3. The molecule has 0 aromatic heterocycles. The normalized spacial score (nSPS) is 18.9. The van der Waals surface area contributed by atoms with E-state index in [0.29, 0.717) is 45.1 Å². The zero-order valence-electron chi connectivity index (χ0n) is 15.0. The van der Waals surface area contributed by atoms with Crippen LogP contribution >= 0.6 is 0 Å². The lowest BCUT2D eigenvalue weighted by molar-refractivity contribution is 0.0900. The Labute approximate surface area is 158 Å². The SMILES string of the molecule is O=C(NCC1COc2ccccc2O1)N1CCN(c2ccccc2O)CC1. The van der Waals surface area contributed by atoms with Crippen molar-refractivity contribution in [3.63, 3.8) is 0 Å². The van der Waals surface area contributed by atoms with Crippen LogP contribution in [0.3, 0.4) is 0 Å². The van der Waals surface area contributed by atoms with Crippen LogP contribution in [0.1, 0.15) is 0 Å². The summed E-state index contributed by atoms with van der Waals surface area (Å²) in [6, 6.07) is 14.7. The Bertz CT molecular complexity index is 805. The lowest BCUT2D eigenvalue weighted by atomic mass is 10.2. The highest BCUT2D eigenvalue weighted by atomic mass is 16.6. The highest BCUT2D eigenvalue weighted by molar-refractivity contribution is 5.74. The minimum atomic E-state index is -0.202. The van der Waals surface area contributed by atoms with Crippen LogP contribution in [-0.4, -0.2) is 61.5 Å². The van der Waals surface area contributed by atoms with E-state index in [1.807, 2.05) is 36.4 Å². The predicted molar refractivity (Wildman–Crippen MR) is 102 cm³/mol. The molecule has 2 aliphatic heterocycles. The number of anilines is 1. The monoisotopic (exact) mass is 369 g/mol. The quantitative estimate of drug-likeness (QED) is 0.866. The zero-order chi connectivity index (χ0) is 18.6. The van der Waals surface area contributed by atoms with Gasteiger partial charge in [-0.2, -0.15) is 0 Å². The van der Waals surface area contributed by atoms with Crippen molar-refractivity contribution in [1.82, 2.24) is 10.2 Å². The van der Waals surface area contributed by atoms with Crippen molar-refractivity contribution in [3.05, 3.63) is 48.5 Å². The zero-order valence-corrected chi connectivity index (χ0v) is 15.0. The van der Waals surface area contributed by atoms with Gasteiger partial charge in [-0.1, -0.05) is 24.3 Å². The third-order valence-corrected chi connectivity index (χ3v) is 4.84. The van der Waals surface area contributed by atoms with Crippen molar-refractivity contribution in [3.8, 4) is 17.2 Å². The number of hydrogen-bond acceptors (Lipinski definition) is 5. The molecule has 2 aromatic rings. The number of amides is 2. The Balaban J connectivity index is 1.25. The van der Waals surface area contributed by atoms with Gasteiger partial charge in [0.25, 0.3) is 0 Å². The summed E-state index contributed by atoms with van der Waals surface area (Å²) in [5, 5.41) is 12.9. The van der Waals surface area contributed by atoms with E-state index in [-0.39, 0.29) is 17.9 Å². The van der Waals surface area contributed by atoms with Gasteiger partial charge < -0.3 is 29.7 Å². The summed E-state index contributed by atoms with van der Waals surface area (Å²) in [6.07, 6.45) is -0.202. The number of carbonyl (C=O) groups excluding carboxylic acids is 1. The molecule has 1 atom stereocenters. The van der Waals surface area contributed by atoms with Gasteiger partial charge in [0, 0.05) is 26.2 Å². The Morgan fingerprint density at radius 3 is 2.52 bits per heavy atom. The Kier molecular flexibility index (Phi) is 4.91. The number of rotatable bonds is 3. The van der Waals surface area contributed by atoms with Crippen LogP contribution in [0.25, 0.3) is 0 Å². The number of ether oxygens (including phenoxy) is 2. The summed E-state index contributed by atoms with van der Waals surface area (Å²) in [5.74, 6) is 1.71. The average Bonchev–Trinajstić information content (AvgIpc) is 2.72. The summed E-state index contributed by atoms with van der Waals surface area (Å²) in [6.45, 7) is 3.38. The molecule has 0 saturated carbocycles. The molecule has 0 radical (unpaired) electrons. The molecule has 0 bridgehead atoms. The van der Waals surface area contributed by atoms with Crippen LogP contribution in [0.5, 0.6) is 17.2 Å².